The summed E-state index contributed by atoms with van der Waals surface area (Å²) >= 11 is 0. The van der Waals surface area contributed by atoms with Crippen molar-refractivity contribution in [1.82, 2.24) is 9.88 Å². The molecule has 3 nitrogen and oxygen atoms in total. The highest BCUT2D eigenvalue weighted by atomic mass is 15.1. The summed E-state index contributed by atoms with van der Waals surface area (Å²) in [7, 11) is 2.13. The quantitative estimate of drug-likeness (QED) is 0.797. The Kier molecular flexibility index (Phi) is 4.90. The topological polar surface area (TPSA) is 42.1 Å². The Labute approximate surface area is 98.7 Å². The maximum absolute atomic E-state index is 5.71. The third-order valence-electron chi connectivity index (χ3n) is 2.88. The number of hydrogen-bond acceptors (Lipinski definition) is 3. The zero-order valence-electron chi connectivity index (χ0n) is 10.6. The van der Waals surface area contributed by atoms with Crippen LogP contribution in [0.4, 0.5) is 0 Å². The maximum atomic E-state index is 5.71. The van der Waals surface area contributed by atoms with Crippen molar-refractivity contribution in [1.29, 1.82) is 0 Å². The van der Waals surface area contributed by atoms with Crippen LogP contribution in [-0.4, -0.2) is 30.0 Å². The van der Waals surface area contributed by atoms with Crippen LogP contribution < -0.4 is 5.73 Å². The molecule has 3 heteroatoms. The minimum atomic E-state index is 0.235. The van der Waals surface area contributed by atoms with Gasteiger partial charge in [-0.2, -0.15) is 0 Å². The number of nitrogens with zero attached hydrogens (tertiary/aromatic N) is 2. The highest BCUT2D eigenvalue weighted by Gasteiger charge is 2.16. The van der Waals surface area contributed by atoms with Gasteiger partial charge >= 0.3 is 0 Å². The molecular weight excluding hydrogens is 198 g/mol. The van der Waals surface area contributed by atoms with Crippen LogP contribution >= 0.6 is 0 Å². The minimum absolute atomic E-state index is 0.235. The number of hydrogen-bond donors (Lipinski definition) is 1. The van der Waals surface area contributed by atoms with Gasteiger partial charge in [-0.3, -0.25) is 4.98 Å². The van der Waals surface area contributed by atoms with E-state index in [9.17, 15) is 0 Å². The van der Waals surface area contributed by atoms with Gasteiger partial charge in [-0.1, -0.05) is 19.9 Å². The van der Waals surface area contributed by atoms with Crippen molar-refractivity contribution in [2.75, 3.05) is 20.1 Å². The van der Waals surface area contributed by atoms with E-state index in [2.05, 4.69) is 36.8 Å². The summed E-state index contributed by atoms with van der Waals surface area (Å²) in [5.41, 5.74) is 7.07. The van der Waals surface area contributed by atoms with Crippen molar-refractivity contribution in [3.8, 4) is 0 Å². The molecule has 1 rings (SSSR count). The highest BCUT2D eigenvalue weighted by Crippen LogP contribution is 2.18. The Bertz CT molecular complexity index is 295. The summed E-state index contributed by atoms with van der Waals surface area (Å²) in [5, 5.41) is 0. The Morgan fingerprint density at radius 2 is 2.12 bits per heavy atom. The average Bonchev–Trinajstić information content (AvgIpc) is 2.28. The molecule has 0 bridgehead atoms. The Morgan fingerprint density at radius 1 is 1.38 bits per heavy atom. The maximum Gasteiger partial charge on any atom is 0.0543 e. The van der Waals surface area contributed by atoms with Gasteiger partial charge < -0.3 is 10.6 Å². The first kappa shape index (κ1) is 13.1. The molecule has 0 spiro atoms. The molecule has 0 fully saturated rings. The molecule has 0 radical (unpaired) electrons. The Hall–Kier alpha value is -0.930. The second kappa shape index (κ2) is 5.97. The van der Waals surface area contributed by atoms with E-state index < -0.39 is 0 Å². The predicted molar refractivity (Wildman–Crippen MR) is 68.0 cm³/mol. The van der Waals surface area contributed by atoms with Gasteiger partial charge in [0.25, 0.3) is 0 Å². The van der Waals surface area contributed by atoms with Gasteiger partial charge in [0.05, 0.1) is 5.69 Å². The van der Waals surface area contributed by atoms with Crippen LogP contribution in [0.2, 0.25) is 0 Å². The molecule has 1 heterocycles. The molecule has 0 aliphatic rings. The lowest BCUT2D eigenvalue weighted by Crippen LogP contribution is -2.29. The molecule has 0 atom stereocenters. The van der Waals surface area contributed by atoms with Gasteiger partial charge in [0.15, 0.2) is 0 Å². The number of pyridine rings is 1. The number of nitrogens with two attached hydrogens (primary N) is 1. The van der Waals surface area contributed by atoms with Gasteiger partial charge in [-0.05, 0) is 44.1 Å². The lowest BCUT2D eigenvalue weighted by molar-refractivity contribution is 0.247. The second-order valence-electron chi connectivity index (χ2n) is 5.18. The fraction of sp³-hybridized carbons (Fsp3) is 0.615. The lowest BCUT2D eigenvalue weighted by Gasteiger charge is -2.25. The lowest BCUT2D eigenvalue weighted by atomic mass is 9.89. The molecule has 2 N–H and O–H groups in total. The minimum Gasteiger partial charge on any atom is -0.330 e. The smallest absolute Gasteiger partial charge is 0.0543 e. The van der Waals surface area contributed by atoms with E-state index in [-0.39, 0.29) is 5.41 Å². The molecule has 0 amide bonds. The molecule has 16 heavy (non-hydrogen) atoms. The predicted octanol–water partition coefficient (Wildman–Crippen LogP) is 1.89. The average molecular weight is 221 g/mol. The first-order valence-corrected chi connectivity index (χ1v) is 5.82. The molecular formula is C13H23N3. The van der Waals surface area contributed by atoms with E-state index in [0.717, 1.165) is 31.7 Å². The van der Waals surface area contributed by atoms with Crippen molar-refractivity contribution in [2.45, 2.75) is 26.8 Å². The van der Waals surface area contributed by atoms with E-state index in [1.165, 1.54) is 0 Å². The fourth-order valence-electron chi connectivity index (χ4n) is 1.44. The van der Waals surface area contributed by atoms with Crippen molar-refractivity contribution >= 4 is 0 Å². The molecule has 0 saturated carbocycles. The largest absolute Gasteiger partial charge is 0.330 e. The van der Waals surface area contributed by atoms with Crippen molar-refractivity contribution < 1.29 is 0 Å². The number of aromatic nitrogens is 1. The first-order valence-electron chi connectivity index (χ1n) is 5.82. The van der Waals surface area contributed by atoms with Gasteiger partial charge in [0.1, 0.15) is 0 Å². The van der Waals surface area contributed by atoms with Gasteiger partial charge in [-0.15, -0.1) is 0 Å². The molecule has 0 aliphatic heterocycles. The SMILES string of the molecule is CN(CCC(C)(C)CN)Cc1ccccn1. The molecule has 1 aromatic rings. The zero-order chi connectivity index (χ0) is 12.0. The Balaban J connectivity index is 2.34. The third-order valence-corrected chi connectivity index (χ3v) is 2.88. The second-order valence-corrected chi connectivity index (χ2v) is 5.18. The summed E-state index contributed by atoms with van der Waals surface area (Å²) in [6.45, 7) is 7.12. The monoisotopic (exact) mass is 221 g/mol. The van der Waals surface area contributed by atoms with Crippen LogP contribution in [-0.2, 0) is 6.54 Å². The normalized spacial score (nSPS) is 12.1. The molecule has 0 saturated heterocycles. The van der Waals surface area contributed by atoms with Crippen LogP contribution in [0, 0.1) is 5.41 Å². The van der Waals surface area contributed by atoms with Crippen LogP contribution in [0.3, 0.4) is 0 Å². The Morgan fingerprint density at radius 3 is 2.69 bits per heavy atom. The highest BCUT2D eigenvalue weighted by molar-refractivity contribution is 5.02. The first-order chi connectivity index (χ1) is 7.53. The van der Waals surface area contributed by atoms with Crippen molar-refractivity contribution in [3.63, 3.8) is 0 Å². The number of rotatable bonds is 6. The summed E-state index contributed by atoms with van der Waals surface area (Å²) in [6.07, 6.45) is 2.96. The molecule has 90 valence electrons. The van der Waals surface area contributed by atoms with E-state index in [4.69, 9.17) is 5.73 Å². The van der Waals surface area contributed by atoms with Crippen LogP contribution in [0.25, 0.3) is 0 Å². The molecule has 0 unspecified atom stereocenters. The van der Waals surface area contributed by atoms with E-state index in [0.29, 0.717) is 0 Å². The van der Waals surface area contributed by atoms with E-state index >= 15 is 0 Å². The van der Waals surface area contributed by atoms with Gasteiger partial charge in [-0.25, -0.2) is 0 Å². The van der Waals surface area contributed by atoms with E-state index in [1.54, 1.807) is 0 Å². The van der Waals surface area contributed by atoms with Gasteiger partial charge in [0, 0.05) is 12.7 Å². The molecule has 1 aromatic heterocycles. The molecule has 0 aliphatic carbocycles. The van der Waals surface area contributed by atoms with Crippen LogP contribution in [0.1, 0.15) is 26.0 Å². The van der Waals surface area contributed by atoms with Gasteiger partial charge in [0.2, 0.25) is 0 Å². The summed E-state index contributed by atoms with van der Waals surface area (Å²) in [4.78, 5) is 6.61. The fourth-order valence-corrected chi connectivity index (χ4v) is 1.44. The third kappa shape index (κ3) is 4.73. The summed E-state index contributed by atoms with van der Waals surface area (Å²) in [5.74, 6) is 0. The summed E-state index contributed by atoms with van der Waals surface area (Å²) in [6, 6.07) is 6.03. The summed E-state index contributed by atoms with van der Waals surface area (Å²) < 4.78 is 0. The van der Waals surface area contributed by atoms with Crippen LogP contribution in [0.5, 0.6) is 0 Å². The molecule has 0 aromatic carbocycles. The van der Waals surface area contributed by atoms with Crippen molar-refractivity contribution in [3.05, 3.63) is 30.1 Å². The van der Waals surface area contributed by atoms with Crippen LogP contribution in [0.15, 0.2) is 24.4 Å². The van der Waals surface area contributed by atoms with Crippen molar-refractivity contribution in [2.24, 2.45) is 11.1 Å². The van der Waals surface area contributed by atoms with E-state index in [1.807, 2.05) is 18.3 Å². The standard InChI is InChI=1S/C13H23N3/c1-13(2,11-14)7-9-16(3)10-12-6-4-5-8-15-12/h4-6,8H,7,9-11,14H2,1-3H3. The zero-order valence-corrected chi connectivity index (χ0v) is 10.6.